The molecule has 0 atom stereocenters. The van der Waals surface area contributed by atoms with Gasteiger partial charge in [-0.25, -0.2) is 4.98 Å². The molecule has 3 rings (SSSR count). The molecule has 0 spiro atoms. The van der Waals surface area contributed by atoms with Crippen LogP contribution in [0.5, 0.6) is 0 Å². The highest BCUT2D eigenvalue weighted by Crippen LogP contribution is 2.40. The van der Waals surface area contributed by atoms with Crippen LogP contribution in [0.4, 0.5) is 5.82 Å². The number of anilines is 1. The average Bonchev–Trinajstić information content (AvgIpc) is 3.22. The number of aromatic nitrogens is 2. The van der Waals surface area contributed by atoms with Crippen molar-refractivity contribution in [3.63, 3.8) is 0 Å². The van der Waals surface area contributed by atoms with Crippen LogP contribution in [0.25, 0.3) is 0 Å². The van der Waals surface area contributed by atoms with Crippen LogP contribution in [-0.2, 0) is 11.3 Å². The maximum absolute atomic E-state index is 12.0. The monoisotopic (exact) mass is 320 g/mol. The molecule has 0 unspecified atom stereocenters. The van der Waals surface area contributed by atoms with Crippen LogP contribution in [0.15, 0.2) is 28.9 Å². The Labute approximate surface area is 133 Å². The predicted molar refractivity (Wildman–Crippen MR) is 82.7 cm³/mol. The number of amides is 1. The van der Waals surface area contributed by atoms with E-state index < -0.39 is 0 Å². The summed E-state index contributed by atoms with van der Waals surface area (Å²) in [5.41, 5.74) is 0.849. The van der Waals surface area contributed by atoms with E-state index in [0.717, 1.165) is 11.5 Å². The molecule has 2 heterocycles. The number of hydrogen-bond acceptors (Lipinski definition) is 5. The lowest BCUT2D eigenvalue weighted by Gasteiger charge is -2.14. The van der Waals surface area contributed by atoms with Gasteiger partial charge in [-0.2, -0.15) is 0 Å². The van der Waals surface area contributed by atoms with E-state index in [1.165, 1.54) is 19.0 Å². The van der Waals surface area contributed by atoms with E-state index in [2.05, 4.69) is 15.5 Å². The van der Waals surface area contributed by atoms with E-state index in [0.29, 0.717) is 23.3 Å². The summed E-state index contributed by atoms with van der Waals surface area (Å²) < 4.78 is 5.30. The summed E-state index contributed by atoms with van der Waals surface area (Å²) in [4.78, 5) is 17.9. The molecule has 2 aromatic heterocycles. The van der Waals surface area contributed by atoms with Gasteiger partial charge in [-0.3, -0.25) is 9.69 Å². The molecule has 116 valence electrons. The molecule has 2 aromatic rings. The summed E-state index contributed by atoms with van der Waals surface area (Å²) in [5.74, 6) is 1.85. The van der Waals surface area contributed by atoms with Crippen molar-refractivity contribution in [3.8, 4) is 0 Å². The third-order valence-corrected chi connectivity index (χ3v) is 3.62. The first kappa shape index (κ1) is 15.0. The van der Waals surface area contributed by atoms with Gasteiger partial charge >= 0.3 is 0 Å². The number of pyridine rings is 1. The maximum atomic E-state index is 12.0. The van der Waals surface area contributed by atoms with Gasteiger partial charge in [-0.15, -0.1) is 0 Å². The molecule has 7 heteroatoms. The maximum Gasteiger partial charge on any atom is 0.239 e. The van der Waals surface area contributed by atoms with Crippen LogP contribution in [0.3, 0.4) is 0 Å². The van der Waals surface area contributed by atoms with E-state index in [1.54, 1.807) is 12.1 Å². The van der Waals surface area contributed by atoms with Crippen molar-refractivity contribution in [3.05, 3.63) is 40.9 Å². The van der Waals surface area contributed by atoms with Gasteiger partial charge in [0.05, 0.1) is 17.3 Å². The largest absolute Gasteiger partial charge is 0.361 e. The fourth-order valence-corrected chi connectivity index (χ4v) is 2.28. The molecule has 1 aliphatic rings. The van der Waals surface area contributed by atoms with Gasteiger partial charge in [0.15, 0.2) is 0 Å². The van der Waals surface area contributed by atoms with Crippen molar-refractivity contribution in [1.82, 2.24) is 15.0 Å². The Morgan fingerprint density at radius 1 is 1.50 bits per heavy atom. The Kier molecular flexibility index (Phi) is 4.40. The highest BCUT2D eigenvalue weighted by molar-refractivity contribution is 6.30. The molecule has 1 amide bonds. The van der Waals surface area contributed by atoms with Crippen LogP contribution in [0, 0.1) is 0 Å². The first-order valence-corrected chi connectivity index (χ1v) is 7.53. The molecule has 0 radical (unpaired) electrons. The number of nitrogens with one attached hydrogen (secondary N) is 1. The molecule has 1 saturated carbocycles. The molecular weight excluding hydrogens is 304 g/mol. The molecule has 6 nitrogen and oxygen atoms in total. The van der Waals surface area contributed by atoms with Gasteiger partial charge in [0.1, 0.15) is 11.6 Å². The topological polar surface area (TPSA) is 71.3 Å². The smallest absolute Gasteiger partial charge is 0.239 e. The third kappa shape index (κ3) is 4.05. The number of rotatable bonds is 6. The number of nitrogens with zero attached hydrogens (tertiary/aromatic N) is 3. The minimum atomic E-state index is -0.136. The van der Waals surface area contributed by atoms with E-state index in [9.17, 15) is 4.79 Å². The average molecular weight is 321 g/mol. The number of carbonyl (C=O) groups excluding carboxylic acids is 1. The van der Waals surface area contributed by atoms with E-state index in [4.69, 9.17) is 16.1 Å². The molecule has 1 fully saturated rings. The predicted octanol–water partition coefficient (Wildman–Crippen LogP) is 2.67. The second kappa shape index (κ2) is 6.46. The SMILES string of the molecule is CN(CC(=O)Nc1ccc(Cl)cn1)Cc1cc(C2CC2)on1. The van der Waals surface area contributed by atoms with Gasteiger partial charge in [-0.05, 0) is 32.0 Å². The molecule has 0 aliphatic heterocycles. The molecule has 1 N–H and O–H groups in total. The normalized spacial score (nSPS) is 14.3. The van der Waals surface area contributed by atoms with E-state index in [1.807, 2.05) is 18.0 Å². The fourth-order valence-electron chi connectivity index (χ4n) is 2.17. The minimum Gasteiger partial charge on any atom is -0.361 e. The summed E-state index contributed by atoms with van der Waals surface area (Å²) in [6.07, 6.45) is 3.86. The van der Waals surface area contributed by atoms with Crippen molar-refractivity contribution in [2.24, 2.45) is 0 Å². The van der Waals surface area contributed by atoms with Gasteiger partial charge in [-0.1, -0.05) is 16.8 Å². The molecule has 0 aromatic carbocycles. The summed E-state index contributed by atoms with van der Waals surface area (Å²) in [5, 5.41) is 7.30. The quantitative estimate of drug-likeness (QED) is 0.886. The Balaban J connectivity index is 1.48. The van der Waals surface area contributed by atoms with Gasteiger partial charge in [0, 0.05) is 24.7 Å². The van der Waals surface area contributed by atoms with Crippen molar-refractivity contribution in [2.75, 3.05) is 18.9 Å². The lowest BCUT2D eigenvalue weighted by molar-refractivity contribution is -0.117. The standard InChI is InChI=1S/C15H17ClN4O2/c1-20(8-12-6-13(22-19-12)10-2-3-10)9-15(21)18-14-5-4-11(16)7-17-14/h4-7,10H,2-3,8-9H2,1H3,(H,17,18,21). The van der Waals surface area contributed by atoms with Gasteiger partial charge < -0.3 is 9.84 Å². The van der Waals surface area contributed by atoms with Crippen LogP contribution >= 0.6 is 11.6 Å². The van der Waals surface area contributed by atoms with Gasteiger partial charge in [0.25, 0.3) is 0 Å². The summed E-state index contributed by atoms with van der Waals surface area (Å²) in [7, 11) is 1.86. The number of halogens is 1. The fraction of sp³-hybridized carbons (Fsp3) is 0.400. The van der Waals surface area contributed by atoms with Crippen molar-refractivity contribution in [1.29, 1.82) is 0 Å². The lowest BCUT2D eigenvalue weighted by atomic mass is 10.3. The highest BCUT2D eigenvalue weighted by atomic mass is 35.5. The Bertz CT molecular complexity index is 652. The zero-order valence-corrected chi connectivity index (χ0v) is 13.0. The third-order valence-electron chi connectivity index (χ3n) is 3.40. The number of hydrogen-bond donors (Lipinski definition) is 1. The molecule has 22 heavy (non-hydrogen) atoms. The zero-order valence-electron chi connectivity index (χ0n) is 12.3. The number of likely N-dealkylation sites (N-methyl/N-ethyl adjacent to an activating group) is 1. The van der Waals surface area contributed by atoms with E-state index >= 15 is 0 Å². The molecule has 0 saturated heterocycles. The first-order chi connectivity index (χ1) is 10.6. The zero-order chi connectivity index (χ0) is 15.5. The Hall–Kier alpha value is -1.92. The molecule has 1 aliphatic carbocycles. The Morgan fingerprint density at radius 3 is 3.00 bits per heavy atom. The summed E-state index contributed by atoms with van der Waals surface area (Å²) >= 11 is 5.75. The lowest BCUT2D eigenvalue weighted by Crippen LogP contribution is -2.30. The van der Waals surface area contributed by atoms with Crippen molar-refractivity contribution >= 4 is 23.3 Å². The summed E-state index contributed by atoms with van der Waals surface area (Å²) in [6, 6.07) is 5.33. The molecule has 0 bridgehead atoms. The first-order valence-electron chi connectivity index (χ1n) is 7.15. The van der Waals surface area contributed by atoms with Gasteiger partial charge in [0.2, 0.25) is 5.91 Å². The van der Waals surface area contributed by atoms with Crippen LogP contribution in [-0.4, -0.2) is 34.5 Å². The van der Waals surface area contributed by atoms with Crippen LogP contribution in [0.2, 0.25) is 5.02 Å². The van der Waals surface area contributed by atoms with Crippen LogP contribution in [0.1, 0.15) is 30.2 Å². The second-order valence-electron chi connectivity index (χ2n) is 5.58. The highest BCUT2D eigenvalue weighted by Gasteiger charge is 2.27. The molecular formula is C15H17ClN4O2. The Morgan fingerprint density at radius 2 is 2.32 bits per heavy atom. The number of carbonyl (C=O) groups is 1. The van der Waals surface area contributed by atoms with Crippen molar-refractivity contribution < 1.29 is 9.32 Å². The second-order valence-corrected chi connectivity index (χ2v) is 6.01. The van der Waals surface area contributed by atoms with Crippen molar-refractivity contribution in [2.45, 2.75) is 25.3 Å². The summed E-state index contributed by atoms with van der Waals surface area (Å²) in [6.45, 7) is 0.813. The van der Waals surface area contributed by atoms with E-state index in [-0.39, 0.29) is 12.5 Å². The van der Waals surface area contributed by atoms with Crippen LogP contribution < -0.4 is 5.32 Å². The minimum absolute atomic E-state index is 0.136.